The molecule has 1 N–H and O–H groups in total. The highest BCUT2D eigenvalue weighted by atomic mass is 16.5. The zero-order chi connectivity index (χ0) is 23.1. The van der Waals surface area contributed by atoms with Gasteiger partial charge in [0.1, 0.15) is 12.4 Å². The van der Waals surface area contributed by atoms with E-state index in [4.69, 9.17) is 4.74 Å². The molecule has 0 spiro atoms. The smallest absolute Gasteiger partial charge is 0.254 e. The Morgan fingerprint density at radius 2 is 1.78 bits per heavy atom. The fourth-order valence-corrected chi connectivity index (χ4v) is 3.59. The van der Waals surface area contributed by atoms with Crippen molar-refractivity contribution in [3.8, 4) is 5.75 Å². The molecule has 0 fully saturated rings. The number of rotatable bonds is 8. The summed E-state index contributed by atoms with van der Waals surface area (Å²) in [4.78, 5) is 31.0. The van der Waals surface area contributed by atoms with E-state index >= 15 is 0 Å². The number of pyridine rings is 1. The highest BCUT2D eigenvalue weighted by Crippen LogP contribution is 2.26. The van der Waals surface area contributed by atoms with Crippen LogP contribution in [0.15, 0.2) is 60.9 Å². The first kappa shape index (κ1) is 23.0. The Morgan fingerprint density at radius 1 is 1.06 bits per heavy atom. The summed E-state index contributed by atoms with van der Waals surface area (Å²) in [6, 6.07) is 15.1. The summed E-state index contributed by atoms with van der Waals surface area (Å²) in [6.07, 6.45) is 4.31. The van der Waals surface area contributed by atoms with Crippen molar-refractivity contribution >= 4 is 17.5 Å². The number of hydrogen-bond acceptors (Lipinski definition) is 4. The highest BCUT2D eigenvalue weighted by molar-refractivity contribution is 5.99. The van der Waals surface area contributed by atoms with Crippen LogP contribution in [0.1, 0.15) is 39.5 Å². The monoisotopic (exact) mass is 431 g/mol. The van der Waals surface area contributed by atoms with Gasteiger partial charge in [-0.3, -0.25) is 14.6 Å². The Bertz CT molecular complexity index is 1070. The van der Waals surface area contributed by atoms with Crippen LogP contribution in [0.4, 0.5) is 5.69 Å². The molecule has 3 aromatic rings. The SMILES string of the molecule is CCc1ccccc1NC(=O)CN(C)C(=O)c1cc(C)c(OCc2cccnc2)c(C)c1. The molecular formula is C26H29N3O3. The van der Waals surface area contributed by atoms with E-state index in [0.29, 0.717) is 12.2 Å². The van der Waals surface area contributed by atoms with Gasteiger partial charge in [0, 0.05) is 36.3 Å². The Labute approximate surface area is 189 Å². The highest BCUT2D eigenvalue weighted by Gasteiger charge is 2.18. The van der Waals surface area contributed by atoms with Crippen molar-refractivity contribution < 1.29 is 14.3 Å². The van der Waals surface area contributed by atoms with E-state index in [2.05, 4.69) is 10.3 Å². The second-order valence-corrected chi connectivity index (χ2v) is 7.81. The van der Waals surface area contributed by atoms with E-state index in [-0.39, 0.29) is 18.4 Å². The molecular weight excluding hydrogens is 402 g/mol. The lowest BCUT2D eigenvalue weighted by Gasteiger charge is -2.19. The quantitative estimate of drug-likeness (QED) is 0.568. The zero-order valence-electron chi connectivity index (χ0n) is 19.0. The molecule has 166 valence electrons. The number of aromatic nitrogens is 1. The summed E-state index contributed by atoms with van der Waals surface area (Å²) in [7, 11) is 1.63. The Balaban J connectivity index is 1.65. The van der Waals surface area contributed by atoms with Crippen molar-refractivity contribution in [1.29, 1.82) is 0 Å². The number of benzene rings is 2. The molecule has 0 bridgehead atoms. The molecule has 1 aromatic heterocycles. The van der Waals surface area contributed by atoms with Crippen LogP contribution in [0, 0.1) is 13.8 Å². The van der Waals surface area contributed by atoms with Crippen LogP contribution >= 0.6 is 0 Å². The van der Waals surface area contributed by atoms with Crippen molar-refractivity contribution in [3.63, 3.8) is 0 Å². The number of nitrogens with one attached hydrogen (secondary N) is 1. The van der Waals surface area contributed by atoms with Crippen LogP contribution in [0.2, 0.25) is 0 Å². The van der Waals surface area contributed by atoms with Crippen molar-refractivity contribution in [2.24, 2.45) is 0 Å². The largest absolute Gasteiger partial charge is 0.488 e. The standard InChI is InChI=1S/C26H29N3O3/c1-5-21-10-6-7-11-23(21)28-24(30)16-29(4)26(31)22-13-18(2)25(19(3)14-22)32-17-20-9-8-12-27-15-20/h6-15H,5,16-17H2,1-4H3,(H,28,30). The minimum Gasteiger partial charge on any atom is -0.488 e. The Hall–Kier alpha value is -3.67. The molecule has 0 aliphatic carbocycles. The number of ether oxygens (including phenoxy) is 1. The minimum atomic E-state index is -0.230. The van der Waals surface area contributed by atoms with Crippen LogP contribution in [-0.2, 0) is 17.8 Å². The third-order valence-corrected chi connectivity index (χ3v) is 5.21. The van der Waals surface area contributed by atoms with E-state index in [1.165, 1.54) is 4.90 Å². The molecule has 0 aliphatic rings. The van der Waals surface area contributed by atoms with E-state index < -0.39 is 0 Å². The van der Waals surface area contributed by atoms with Gasteiger partial charge in [-0.25, -0.2) is 0 Å². The summed E-state index contributed by atoms with van der Waals surface area (Å²) < 4.78 is 5.97. The van der Waals surface area contributed by atoms with Crippen molar-refractivity contribution in [2.75, 3.05) is 18.9 Å². The van der Waals surface area contributed by atoms with Crippen LogP contribution in [0.3, 0.4) is 0 Å². The molecule has 0 unspecified atom stereocenters. The number of para-hydroxylation sites is 1. The maximum atomic E-state index is 12.9. The van der Waals surface area contributed by atoms with E-state index in [9.17, 15) is 9.59 Å². The third-order valence-electron chi connectivity index (χ3n) is 5.21. The number of carbonyl (C=O) groups excluding carboxylic acids is 2. The molecule has 0 saturated heterocycles. The molecule has 6 nitrogen and oxygen atoms in total. The molecule has 6 heteroatoms. The number of likely N-dealkylation sites (N-methyl/N-ethyl adjacent to an activating group) is 1. The molecule has 0 saturated carbocycles. The van der Waals surface area contributed by atoms with Crippen LogP contribution in [0.25, 0.3) is 0 Å². The molecule has 0 aliphatic heterocycles. The number of carbonyl (C=O) groups is 2. The lowest BCUT2D eigenvalue weighted by molar-refractivity contribution is -0.116. The number of hydrogen-bond donors (Lipinski definition) is 1. The first-order valence-electron chi connectivity index (χ1n) is 10.6. The summed E-state index contributed by atoms with van der Waals surface area (Å²) in [5, 5.41) is 2.90. The molecule has 3 rings (SSSR count). The summed E-state index contributed by atoms with van der Waals surface area (Å²) in [6.45, 7) is 6.24. The normalized spacial score (nSPS) is 10.5. The third kappa shape index (κ3) is 5.72. The second kappa shape index (κ2) is 10.6. The van der Waals surface area contributed by atoms with Gasteiger partial charge in [0.05, 0.1) is 6.54 Å². The van der Waals surface area contributed by atoms with Gasteiger partial charge in [0.15, 0.2) is 0 Å². The fourth-order valence-electron chi connectivity index (χ4n) is 3.59. The van der Waals surface area contributed by atoms with Gasteiger partial charge in [-0.2, -0.15) is 0 Å². The first-order chi connectivity index (χ1) is 15.4. The number of amides is 2. The molecule has 0 radical (unpaired) electrons. The summed E-state index contributed by atoms with van der Waals surface area (Å²) >= 11 is 0. The molecule has 2 amide bonds. The van der Waals surface area contributed by atoms with Gasteiger partial charge in [0.25, 0.3) is 5.91 Å². The summed E-state index contributed by atoms with van der Waals surface area (Å²) in [5.41, 5.74) is 5.07. The molecule has 1 heterocycles. The second-order valence-electron chi connectivity index (χ2n) is 7.81. The molecule has 32 heavy (non-hydrogen) atoms. The van der Waals surface area contributed by atoms with Gasteiger partial charge < -0.3 is 15.0 Å². The van der Waals surface area contributed by atoms with Crippen molar-refractivity contribution in [1.82, 2.24) is 9.88 Å². The van der Waals surface area contributed by atoms with Crippen LogP contribution in [0.5, 0.6) is 5.75 Å². The van der Waals surface area contributed by atoms with Crippen LogP contribution < -0.4 is 10.1 Å². The van der Waals surface area contributed by atoms with Crippen molar-refractivity contribution in [3.05, 3.63) is 88.7 Å². The topological polar surface area (TPSA) is 71.5 Å². The lowest BCUT2D eigenvalue weighted by atomic mass is 10.0. The maximum Gasteiger partial charge on any atom is 0.254 e. The number of anilines is 1. The average Bonchev–Trinajstić information content (AvgIpc) is 2.78. The summed E-state index contributed by atoms with van der Waals surface area (Å²) in [5.74, 6) is 0.308. The van der Waals surface area contributed by atoms with E-state index in [1.807, 2.05) is 57.2 Å². The van der Waals surface area contributed by atoms with Crippen molar-refractivity contribution in [2.45, 2.75) is 33.8 Å². The number of aryl methyl sites for hydroxylation is 3. The van der Waals surface area contributed by atoms with Gasteiger partial charge in [-0.15, -0.1) is 0 Å². The molecule has 2 aromatic carbocycles. The van der Waals surface area contributed by atoms with E-state index in [1.54, 1.807) is 31.6 Å². The van der Waals surface area contributed by atoms with Gasteiger partial charge >= 0.3 is 0 Å². The fraction of sp³-hybridized carbons (Fsp3) is 0.269. The zero-order valence-corrected chi connectivity index (χ0v) is 19.0. The van der Waals surface area contributed by atoms with Crippen LogP contribution in [-0.4, -0.2) is 35.3 Å². The minimum absolute atomic E-state index is 0.0335. The lowest BCUT2D eigenvalue weighted by Crippen LogP contribution is -2.35. The number of nitrogens with zero attached hydrogens (tertiary/aromatic N) is 2. The molecule has 0 atom stereocenters. The Kier molecular flexibility index (Phi) is 7.60. The van der Waals surface area contributed by atoms with Gasteiger partial charge in [0.2, 0.25) is 5.91 Å². The Morgan fingerprint density at radius 3 is 2.44 bits per heavy atom. The average molecular weight is 432 g/mol. The van der Waals surface area contributed by atoms with Gasteiger partial charge in [-0.05, 0) is 61.2 Å². The predicted molar refractivity (Wildman–Crippen MR) is 126 cm³/mol. The maximum absolute atomic E-state index is 12.9. The first-order valence-corrected chi connectivity index (χ1v) is 10.6. The van der Waals surface area contributed by atoms with Gasteiger partial charge in [-0.1, -0.05) is 31.2 Å². The predicted octanol–water partition coefficient (Wildman–Crippen LogP) is 4.55. The van der Waals surface area contributed by atoms with E-state index in [0.717, 1.165) is 40.1 Å².